The quantitative estimate of drug-likeness (QED) is 0.734. The minimum atomic E-state index is -0.658. The van der Waals surface area contributed by atoms with Crippen LogP contribution < -0.4 is 10.9 Å². The molecule has 0 fully saturated rings. The SMILES string of the molecule is CC(NC(=O)OC(C)(C)C)c1nc2ncccc2c(=O)n1-c1ccc(C#N)cc1. The number of ether oxygens (including phenoxy) is 1. The van der Waals surface area contributed by atoms with Crippen molar-refractivity contribution in [3.63, 3.8) is 0 Å². The van der Waals surface area contributed by atoms with E-state index in [2.05, 4.69) is 15.3 Å². The molecular formula is C21H21N5O3. The van der Waals surface area contributed by atoms with Crippen molar-refractivity contribution in [1.29, 1.82) is 5.26 Å². The Morgan fingerprint density at radius 3 is 2.55 bits per heavy atom. The fourth-order valence-electron chi connectivity index (χ4n) is 2.81. The first-order valence-electron chi connectivity index (χ1n) is 9.07. The van der Waals surface area contributed by atoms with Crippen molar-refractivity contribution in [3.05, 3.63) is 64.3 Å². The molecule has 0 aliphatic rings. The van der Waals surface area contributed by atoms with Crippen molar-refractivity contribution < 1.29 is 9.53 Å². The number of benzene rings is 1. The number of alkyl carbamates (subject to hydrolysis) is 1. The highest BCUT2D eigenvalue weighted by atomic mass is 16.6. The summed E-state index contributed by atoms with van der Waals surface area (Å²) in [5, 5.41) is 12.1. The number of nitrogens with one attached hydrogen (secondary N) is 1. The van der Waals surface area contributed by atoms with Crippen LogP contribution in [0.25, 0.3) is 16.7 Å². The third kappa shape index (κ3) is 4.41. The van der Waals surface area contributed by atoms with Gasteiger partial charge in [-0.1, -0.05) is 0 Å². The Hall–Kier alpha value is -3.73. The first kappa shape index (κ1) is 20.0. The van der Waals surface area contributed by atoms with Gasteiger partial charge in [0, 0.05) is 6.20 Å². The average molecular weight is 391 g/mol. The van der Waals surface area contributed by atoms with Gasteiger partial charge in [0.2, 0.25) is 0 Å². The van der Waals surface area contributed by atoms with Crippen LogP contribution in [0, 0.1) is 11.3 Å². The molecule has 1 amide bonds. The maximum Gasteiger partial charge on any atom is 0.408 e. The van der Waals surface area contributed by atoms with Crippen LogP contribution in [0.2, 0.25) is 0 Å². The highest BCUT2D eigenvalue weighted by Gasteiger charge is 2.23. The van der Waals surface area contributed by atoms with Gasteiger partial charge in [0.15, 0.2) is 5.65 Å². The van der Waals surface area contributed by atoms with Crippen molar-refractivity contribution >= 4 is 17.1 Å². The Morgan fingerprint density at radius 2 is 1.93 bits per heavy atom. The first-order chi connectivity index (χ1) is 13.7. The molecule has 1 unspecified atom stereocenters. The van der Waals surface area contributed by atoms with Crippen LogP contribution in [0.4, 0.5) is 4.79 Å². The van der Waals surface area contributed by atoms with Gasteiger partial charge < -0.3 is 10.1 Å². The molecule has 2 heterocycles. The molecule has 8 heteroatoms. The molecule has 0 aliphatic heterocycles. The molecule has 148 valence electrons. The minimum Gasteiger partial charge on any atom is -0.444 e. The smallest absolute Gasteiger partial charge is 0.408 e. The third-order valence-electron chi connectivity index (χ3n) is 4.04. The monoisotopic (exact) mass is 391 g/mol. The standard InChI is InChI=1S/C21H21N5O3/c1-13(24-20(28)29-21(2,3)4)18-25-17-16(6-5-11-23-17)19(27)26(18)15-9-7-14(12-22)8-10-15/h5-11,13H,1-4H3,(H,24,28). The van der Waals surface area contributed by atoms with Gasteiger partial charge in [0.25, 0.3) is 5.56 Å². The molecule has 29 heavy (non-hydrogen) atoms. The summed E-state index contributed by atoms with van der Waals surface area (Å²) >= 11 is 0. The highest BCUT2D eigenvalue weighted by molar-refractivity contribution is 5.74. The third-order valence-corrected chi connectivity index (χ3v) is 4.04. The molecule has 3 rings (SSSR count). The van der Waals surface area contributed by atoms with E-state index in [0.29, 0.717) is 22.5 Å². The summed E-state index contributed by atoms with van der Waals surface area (Å²) in [7, 11) is 0. The van der Waals surface area contributed by atoms with E-state index in [1.165, 1.54) is 4.57 Å². The average Bonchev–Trinajstić information content (AvgIpc) is 2.66. The number of carbonyl (C=O) groups excluding carboxylic acids is 1. The summed E-state index contributed by atoms with van der Waals surface area (Å²) in [6, 6.07) is 11.3. The highest BCUT2D eigenvalue weighted by Crippen LogP contribution is 2.18. The second kappa shape index (κ2) is 7.72. The van der Waals surface area contributed by atoms with E-state index in [9.17, 15) is 9.59 Å². The molecule has 0 radical (unpaired) electrons. The van der Waals surface area contributed by atoms with Gasteiger partial charge >= 0.3 is 6.09 Å². The maximum absolute atomic E-state index is 13.2. The van der Waals surface area contributed by atoms with Gasteiger partial charge in [-0.3, -0.25) is 9.36 Å². The summed E-state index contributed by atoms with van der Waals surface area (Å²) in [4.78, 5) is 34.1. The zero-order valence-electron chi connectivity index (χ0n) is 16.6. The van der Waals surface area contributed by atoms with E-state index in [-0.39, 0.29) is 11.2 Å². The van der Waals surface area contributed by atoms with Crippen LogP contribution in [0.3, 0.4) is 0 Å². The van der Waals surface area contributed by atoms with Crippen molar-refractivity contribution in [2.45, 2.75) is 39.3 Å². The molecule has 1 aromatic carbocycles. The predicted molar refractivity (Wildman–Crippen MR) is 108 cm³/mol. The van der Waals surface area contributed by atoms with Crippen LogP contribution in [0.1, 0.15) is 45.1 Å². The van der Waals surface area contributed by atoms with E-state index >= 15 is 0 Å². The molecule has 1 atom stereocenters. The molecule has 8 nitrogen and oxygen atoms in total. The molecule has 3 aromatic rings. The second-order valence-electron chi connectivity index (χ2n) is 7.51. The lowest BCUT2D eigenvalue weighted by Crippen LogP contribution is -2.37. The number of hydrogen-bond acceptors (Lipinski definition) is 6. The van der Waals surface area contributed by atoms with Crippen molar-refractivity contribution in [3.8, 4) is 11.8 Å². The second-order valence-corrected chi connectivity index (χ2v) is 7.51. The van der Waals surface area contributed by atoms with Crippen molar-refractivity contribution in [2.24, 2.45) is 0 Å². The Morgan fingerprint density at radius 1 is 1.24 bits per heavy atom. The maximum atomic E-state index is 13.2. The number of pyridine rings is 1. The number of rotatable bonds is 3. The lowest BCUT2D eigenvalue weighted by atomic mass is 10.2. The summed E-state index contributed by atoms with van der Waals surface area (Å²) in [5.74, 6) is 0.303. The number of hydrogen-bond donors (Lipinski definition) is 1. The number of nitriles is 1. The summed E-state index contributed by atoms with van der Waals surface area (Å²) in [6.45, 7) is 7.01. The van der Waals surface area contributed by atoms with Crippen LogP contribution in [-0.4, -0.2) is 26.2 Å². The Balaban J connectivity index is 2.12. The van der Waals surface area contributed by atoms with E-state index in [0.717, 1.165) is 0 Å². The zero-order valence-corrected chi connectivity index (χ0v) is 16.6. The van der Waals surface area contributed by atoms with Gasteiger partial charge in [-0.15, -0.1) is 0 Å². The topological polar surface area (TPSA) is 110 Å². The predicted octanol–water partition coefficient (Wildman–Crippen LogP) is 3.24. The zero-order chi connectivity index (χ0) is 21.2. The molecule has 0 spiro atoms. The number of carbonyl (C=O) groups is 1. The molecule has 0 saturated heterocycles. The molecule has 0 bridgehead atoms. The Kier molecular flexibility index (Phi) is 5.33. The van der Waals surface area contributed by atoms with Crippen LogP contribution >= 0.6 is 0 Å². The molecule has 0 aliphatic carbocycles. The van der Waals surface area contributed by atoms with Crippen LogP contribution in [0.5, 0.6) is 0 Å². The lowest BCUT2D eigenvalue weighted by Gasteiger charge is -2.23. The van der Waals surface area contributed by atoms with Crippen LogP contribution in [-0.2, 0) is 4.74 Å². The largest absolute Gasteiger partial charge is 0.444 e. The molecule has 0 saturated carbocycles. The van der Waals surface area contributed by atoms with Gasteiger partial charge in [-0.2, -0.15) is 5.26 Å². The van der Waals surface area contributed by atoms with E-state index in [1.807, 2.05) is 6.07 Å². The molecule has 2 aromatic heterocycles. The number of amides is 1. The van der Waals surface area contributed by atoms with E-state index in [1.54, 1.807) is 70.3 Å². The summed E-state index contributed by atoms with van der Waals surface area (Å²) in [5.41, 5.74) is 0.310. The lowest BCUT2D eigenvalue weighted by molar-refractivity contribution is 0.0505. The Labute approximate surface area is 167 Å². The molecule has 1 N–H and O–H groups in total. The number of aromatic nitrogens is 3. The summed E-state index contributed by atoms with van der Waals surface area (Å²) in [6.07, 6.45) is 0.933. The van der Waals surface area contributed by atoms with E-state index in [4.69, 9.17) is 10.00 Å². The number of nitrogens with zero attached hydrogens (tertiary/aromatic N) is 4. The van der Waals surface area contributed by atoms with Gasteiger partial charge in [0.1, 0.15) is 11.4 Å². The van der Waals surface area contributed by atoms with E-state index < -0.39 is 17.7 Å². The normalized spacial score (nSPS) is 12.2. The summed E-state index contributed by atoms with van der Waals surface area (Å²) < 4.78 is 6.72. The van der Waals surface area contributed by atoms with Gasteiger partial charge in [-0.05, 0) is 64.1 Å². The number of fused-ring (bicyclic) bond motifs is 1. The van der Waals surface area contributed by atoms with Crippen molar-refractivity contribution in [1.82, 2.24) is 19.9 Å². The fraction of sp³-hybridized carbons (Fsp3) is 0.286. The van der Waals surface area contributed by atoms with Gasteiger partial charge in [-0.25, -0.2) is 14.8 Å². The fourth-order valence-corrected chi connectivity index (χ4v) is 2.81. The minimum absolute atomic E-state index is 0.287. The van der Waals surface area contributed by atoms with Crippen LogP contribution in [0.15, 0.2) is 47.4 Å². The van der Waals surface area contributed by atoms with Gasteiger partial charge in [0.05, 0.1) is 28.7 Å². The van der Waals surface area contributed by atoms with Crippen molar-refractivity contribution in [2.75, 3.05) is 0 Å². The Bertz CT molecular complexity index is 1150. The molecular weight excluding hydrogens is 370 g/mol. The first-order valence-corrected chi connectivity index (χ1v) is 9.07.